The van der Waals surface area contributed by atoms with Crippen molar-refractivity contribution in [1.29, 1.82) is 0 Å². The van der Waals surface area contributed by atoms with Crippen molar-refractivity contribution in [2.45, 2.75) is 56.8 Å². The molecule has 2 aliphatic heterocycles. The lowest BCUT2D eigenvalue weighted by Gasteiger charge is -2.33. The maximum absolute atomic E-state index is 12.7. The highest BCUT2D eigenvalue weighted by atomic mass is 32.2. The molecule has 2 fully saturated rings. The average molecular weight is 549 g/mol. The zero-order valence-corrected chi connectivity index (χ0v) is 23.2. The number of imidazole rings is 1. The lowest BCUT2D eigenvalue weighted by molar-refractivity contribution is 0.102. The number of H-pyrrole nitrogens is 1. The monoisotopic (exact) mass is 548 g/mol. The molecule has 5 rings (SSSR count). The molecule has 2 saturated heterocycles. The number of anilines is 1. The van der Waals surface area contributed by atoms with Gasteiger partial charge in [0.05, 0.1) is 11.9 Å². The van der Waals surface area contributed by atoms with Gasteiger partial charge < -0.3 is 19.9 Å². The minimum atomic E-state index is -0.393. The summed E-state index contributed by atoms with van der Waals surface area (Å²) in [7, 11) is 0. The highest BCUT2D eigenvalue weighted by molar-refractivity contribution is 7.99. The van der Waals surface area contributed by atoms with Crippen LogP contribution in [0.2, 0.25) is 0 Å². The summed E-state index contributed by atoms with van der Waals surface area (Å²) >= 11 is 1.71. The quantitative estimate of drug-likeness (QED) is 0.362. The molecule has 206 valence electrons. The molecule has 0 aliphatic carbocycles. The van der Waals surface area contributed by atoms with E-state index in [1.807, 2.05) is 30.5 Å². The first-order valence-electron chi connectivity index (χ1n) is 13.7. The number of rotatable bonds is 8. The summed E-state index contributed by atoms with van der Waals surface area (Å²) in [6.07, 6.45) is 10.4. The van der Waals surface area contributed by atoms with Crippen molar-refractivity contribution < 1.29 is 14.3 Å². The molecule has 0 spiro atoms. The summed E-state index contributed by atoms with van der Waals surface area (Å²) in [6, 6.07) is 11.7. The fourth-order valence-electron chi connectivity index (χ4n) is 5.07. The van der Waals surface area contributed by atoms with Gasteiger partial charge in [0.25, 0.3) is 5.91 Å². The zero-order chi connectivity index (χ0) is 27.0. The highest BCUT2D eigenvalue weighted by Gasteiger charge is 2.25. The van der Waals surface area contributed by atoms with Crippen LogP contribution < -0.4 is 10.1 Å². The molecule has 10 heteroatoms. The van der Waals surface area contributed by atoms with Crippen LogP contribution in [0.3, 0.4) is 0 Å². The Morgan fingerprint density at radius 1 is 1.05 bits per heavy atom. The Bertz CT molecular complexity index is 1210. The van der Waals surface area contributed by atoms with Crippen LogP contribution in [0.15, 0.2) is 60.1 Å². The van der Waals surface area contributed by atoms with E-state index >= 15 is 0 Å². The maximum Gasteiger partial charge on any atom is 0.416 e. The molecule has 2 N–H and O–H groups in total. The molecule has 0 saturated carbocycles. The number of amides is 2. The molecule has 0 radical (unpaired) electrons. The van der Waals surface area contributed by atoms with E-state index in [9.17, 15) is 9.59 Å². The SMILES string of the molecule is CC1CCCCN1Cc1ccc(C(=O)Nc2ccc(OC(=O)N3CCC(CSc4ncc[nH]4)CC3)nc2)cc1. The summed E-state index contributed by atoms with van der Waals surface area (Å²) in [4.78, 5) is 41.1. The second kappa shape index (κ2) is 13.1. The predicted molar refractivity (Wildman–Crippen MR) is 152 cm³/mol. The van der Waals surface area contributed by atoms with Gasteiger partial charge in [0.1, 0.15) is 0 Å². The van der Waals surface area contributed by atoms with Crippen molar-refractivity contribution >= 4 is 29.4 Å². The topological polar surface area (TPSA) is 103 Å². The Kier molecular flexibility index (Phi) is 9.15. The number of piperidine rings is 2. The van der Waals surface area contributed by atoms with Gasteiger partial charge in [-0.3, -0.25) is 9.69 Å². The van der Waals surface area contributed by atoms with E-state index in [-0.39, 0.29) is 11.8 Å². The fourth-order valence-corrected chi connectivity index (χ4v) is 6.08. The lowest BCUT2D eigenvalue weighted by Crippen LogP contribution is -2.40. The van der Waals surface area contributed by atoms with E-state index in [4.69, 9.17) is 4.74 Å². The average Bonchev–Trinajstić information content (AvgIpc) is 3.49. The number of likely N-dealkylation sites (tertiary alicyclic amines) is 2. The molecule has 0 bridgehead atoms. The van der Waals surface area contributed by atoms with Crippen LogP contribution in [0.5, 0.6) is 5.88 Å². The zero-order valence-electron chi connectivity index (χ0n) is 22.3. The van der Waals surface area contributed by atoms with Crippen LogP contribution in [0.1, 0.15) is 54.9 Å². The fraction of sp³-hybridized carbons (Fsp3) is 0.448. The largest absolute Gasteiger partial charge is 0.416 e. The van der Waals surface area contributed by atoms with Crippen LogP contribution in [0.4, 0.5) is 10.5 Å². The number of nitrogens with one attached hydrogen (secondary N) is 2. The number of aromatic nitrogens is 3. The minimum absolute atomic E-state index is 0.201. The van der Waals surface area contributed by atoms with Gasteiger partial charge in [-0.05, 0) is 68.8 Å². The van der Waals surface area contributed by atoms with E-state index in [0.29, 0.717) is 36.3 Å². The number of carbonyl (C=O) groups excluding carboxylic acids is 2. The van der Waals surface area contributed by atoms with Crippen molar-refractivity contribution in [1.82, 2.24) is 24.8 Å². The van der Waals surface area contributed by atoms with E-state index in [2.05, 4.69) is 32.1 Å². The van der Waals surface area contributed by atoms with Crippen molar-refractivity contribution in [3.63, 3.8) is 0 Å². The van der Waals surface area contributed by atoms with Gasteiger partial charge in [0, 0.05) is 55.5 Å². The number of nitrogens with zero attached hydrogens (tertiary/aromatic N) is 4. The molecule has 39 heavy (non-hydrogen) atoms. The second-order valence-electron chi connectivity index (χ2n) is 10.4. The normalized spacial score (nSPS) is 18.6. The molecule has 2 aliphatic rings. The van der Waals surface area contributed by atoms with Gasteiger partial charge in [-0.25, -0.2) is 14.8 Å². The molecule has 2 amide bonds. The minimum Gasteiger partial charge on any atom is -0.391 e. The summed E-state index contributed by atoms with van der Waals surface area (Å²) in [5, 5.41) is 3.79. The Morgan fingerprint density at radius 3 is 2.56 bits per heavy atom. The standard InChI is InChI=1S/C29H36N6O3S/c1-21-4-2-3-15-35(21)19-22-5-7-24(8-6-22)27(36)33-25-9-10-26(32-18-25)38-29(37)34-16-11-23(12-17-34)20-39-28-30-13-14-31-28/h5-10,13-14,18,21,23H,2-4,11-12,15-17,19-20H2,1H3,(H,30,31)(H,33,36). The van der Waals surface area contributed by atoms with Crippen molar-refractivity contribution in [3.05, 3.63) is 66.1 Å². The number of aromatic amines is 1. The smallest absolute Gasteiger partial charge is 0.391 e. The van der Waals surface area contributed by atoms with E-state index in [1.165, 1.54) is 31.0 Å². The first-order chi connectivity index (χ1) is 19.0. The molecule has 2 aromatic heterocycles. The van der Waals surface area contributed by atoms with Crippen molar-refractivity contribution in [2.24, 2.45) is 5.92 Å². The van der Waals surface area contributed by atoms with Crippen molar-refractivity contribution in [3.8, 4) is 5.88 Å². The Morgan fingerprint density at radius 2 is 1.87 bits per heavy atom. The Labute approximate surface area is 233 Å². The van der Waals surface area contributed by atoms with E-state index in [1.54, 1.807) is 35.0 Å². The van der Waals surface area contributed by atoms with Crippen LogP contribution in [0.25, 0.3) is 0 Å². The van der Waals surface area contributed by atoms with Gasteiger partial charge in [-0.1, -0.05) is 30.3 Å². The molecular weight excluding hydrogens is 512 g/mol. The summed E-state index contributed by atoms with van der Waals surface area (Å²) in [6.45, 7) is 5.65. The molecule has 3 aromatic rings. The lowest BCUT2D eigenvalue weighted by atomic mass is 9.99. The summed E-state index contributed by atoms with van der Waals surface area (Å²) in [5.41, 5.74) is 2.35. The Balaban J connectivity index is 1.05. The third-order valence-electron chi connectivity index (χ3n) is 7.53. The van der Waals surface area contributed by atoms with Crippen LogP contribution in [-0.4, -0.2) is 68.2 Å². The molecular formula is C29H36N6O3S. The predicted octanol–water partition coefficient (Wildman–Crippen LogP) is 5.43. The number of hydrogen-bond acceptors (Lipinski definition) is 7. The third kappa shape index (κ3) is 7.60. The molecule has 1 aromatic carbocycles. The highest BCUT2D eigenvalue weighted by Crippen LogP contribution is 2.25. The Hall–Kier alpha value is -3.37. The molecule has 1 unspecified atom stereocenters. The van der Waals surface area contributed by atoms with Crippen molar-refractivity contribution in [2.75, 3.05) is 30.7 Å². The number of ether oxygens (including phenoxy) is 1. The number of hydrogen-bond donors (Lipinski definition) is 2. The number of carbonyl (C=O) groups is 2. The molecule has 4 heterocycles. The van der Waals surface area contributed by atoms with Gasteiger partial charge in [0.2, 0.25) is 5.88 Å². The number of benzene rings is 1. The summed E-state index contributed by atoms with van der Waals surface area (Å²) < 4.78 is 5.47. The molecule has 9 nitrogen and oxygen atoms in total. The molecule has 1 atom stereocenters. The number of pyridine rings is 1. The first kappa shape index (κ1) is 27.2. The van der Waals surface area contributed by atoms with Crippen LogP contribution in [-0.2, 0) is 6.54 Å². The number of thioether (sulfide) groups is 1. The first-order valence-corrected chi connectivity index (χ1v) is 14.7. The van der Waals surface area contributed by atoms with Crippen LogP contribution in [0, 0.1) is 5.92 Å². The van der Waals surface area contributed by atoms with Crippen LogP contribution >= 0.6 is 11.8 Å². The van der Waals surface area contributed by atoms with Gasteiger partial charge in [-0.15, -0.1) is 0 Å². The van der Waals surface area contributed by atoms with E-state index < -0.39 is 6.09 Å². The van der Waals surface area contributed by atoms with Gasteiger partial charge >= 0.3 is 6.09 Å². The van der Waals surface area contributed by atoms with Gasteiger partial charge in [-0.2, -0.15) is 0 Å². The second-order valence-corrected chi connectivity index (χ2v) is 11.4. The summed E-state index contributed by atoms with van der Waals surface area (Å²) in [5.74, 6) is 1.53. The third-order valence-corrected chi connectivity index (χ3v) is 8.66. The maximum atomic E-state index is 12.7. The van der Waals surface area contributed by atoms with E-state index in [0.717, 1.165) is 36.8 Å². The van der Waals surface area contributed by atoms with Gasteiger partial charge in [0.15, 0.2) is 5.16 Å².